The summed E-state index contributed by atoms with van der Waals surface area (Å²) >= 11 is 6.44. The first-order valence-electron chi connectivity index (χ1n) is 8.37. The Hall–Kier alpha value is -2.10. The highest BCUT2D eigenvalue weighted by atomic mass is 35.5. The zero-order valence-electron chi connectivity index (χ0n) is 14.6. The SMILES string of the molecule is CN(C)CCOC1=C(c2ccccn2)C[CH]C=C1c1ccccc1Cl. The van der Waals surface area contributed by atoms with Gasteiger partial charge in [0.05, 0.1) is 5.69 Å². The second kappa shape index (κ2) is 8.32. The first-order chi connectivity index (χ1) is 12.2. The molecule has 1 aliphatic carbocycles. The maximum Gasteiger partial charge on any atom is 0.132 e. The largest absolute Gasteiger partial charge is 0.491 e. The molecular weight excluding hydrogens is 332 g/mol. The molecule has 0 spiro atoms. The third-order valence-corrected chi connectivity index (χ3v) is 4.38. The van der Waals surface area contributed by atoms with Crippen molar-refractivity contribution in [3.8, 4) is 0 Å². The maximum atomic E-state index is 6.44. The lowest BCUT2D eigenvalue weighted by atomic mass is 9.90. The van der Waals surface area contributed by atoms with Crippen molar-refractivity contribution in [2.75, 3.05) is 27.2 Å². The molecule has 0 bridgehead atoms. The van der Waals surface area contributed by atoms with Crippen molar-refractivity contribution in [1.82, 2.24) is 9.88 Å². The summed E-state index contributed by atoms with van der Waals surface area (Å²) in [5.41, 5.74) is 4.03. The highest BCUT2D eigenvalue weighted by molar-refractivity contribution is 6.32. The summed E-state index contributed by atoms with van der Waals surface area (Å²) in [6.45, 7) is 1.46. The van der Waals surface area contributed by atoms with Crippen molar-refractivity contribution in [1.29, 1.82) is 0 Å². The molecule has 0 unspecified atom stereocenters. The normalized spacial score (nSPS) is 14.6. The van der Waals surface area contributed by atoms with Gasteiger partial charge in [0.2, 0.25) is 0 Å². The van der Waals surface area contributed by atoms with Crippen LogP contribution in [-0.2, 0) is 4.74 Å². The molecule has 2 aromatic rings. The van der Waals surface area contributed by atoms with Crippen molar-refractivity contribution >= 4 is 22.7 Å². The van der Waals surface area contributed by atoms with Crippen LogP contribution in [0.2, 0.25) is 5.02 Å². The van der Waals surface area contributed by atoms with E-state index in [2.05, 4.69) is 22.4 Å². The lowest BCUT2D eigenvalue weighted by Gasteiger charge is -2.24. The average molecular weight is 354 g/mol. The second-order valence-electron chi connectivity index (χ2n) is 6.17. The molecule has 3 nitrogen and oxygen atoms in total. The molecule has 1 aliphatic rings. The Balaban J connectivity index is 2.02. The van der Waals surface area contributed by atoms with Crippen LogP contribution >= 0.6 is 11.6 Å². The Bertz CT molecular complexity index is 781. The fourth-order valence-electron chi connectivity index (χ4n) is 2.77. The Kier molecular flexibility index (Phi) is 5.90. The maximum absolute atomic E-state index is 6.44. The molecular formula is C21H22ClN2O. The monoisotopic (exact) mass is 353 g/mol. The van der Waals surface area contributed by atoms with E-state index in [-0.39, 0.29) is 0 Å². The molecule has 0 fully saturated rings. The van der Waals surface area contributed by atoms with Gasteiger partial charge in [-0.05, 0) is 45.1 Å². The Morgan fingerprint density at radius 3 is 2.64 bits per heavy atom. The number of allylic oxidation sites excluding steroid dienone is 3. The summed E-state index contributed by atoms with van der Waals surface area (Å²) in [7, 11) is 4.08. The number of nitrogens with zero attached hydrogens (tertiary/aromatic N) is 2. The van der Waals surface area contributed by atoms with Crippen LogP contribution in [-0.4, -0.2) is 37.1 Å². The van der Waals surface area contributed by atoms with E-state index < -0.39 is 0 Å². The molecule has 1 aromatic carbocycles. The molecule has 0 aliphatic heterocycles. The Labute approximate surface area is 154 Å². The predicted octanol–water partition coefficient (Wildman–Crippen LogP) is 4.72. The molecule has 129 valence electrons. The third-order valence-electron chi connectivity index (χ3n) is 4.05. The van der Waals surface area contributed by atoms with E-state index in [1.54, 1.807) is 0 Å². The molecule has 0 atom stereocenters. The van der Waals surface area contributed by atoms with Gasteiger partial charge in [0.15, 0.2) is 0 Å². The topological polar surface area (TPSA) is 25.4 Å². The molecule has 1 heterocycles. The summed E-state index contributed by atoms with van der Waals surface area (Å²) in [5, 5.41) is 0.720. The number of ether oxygens (including phenoxy) is 1. The van der Waals surface area contributed by atoms with E-state index in [1.807, 2.05) is 62.8 Å². The quantitative estimate of drug-likeness (QED) is 0.751. The van der Waals surface area contributed by atoms with Gasteiger partial charge >= 0.3 is 0 Å². The second-order valence-corrected chi connectivity index (χ2v) is 6.58. The minimum atomic E-state index is 0.612. The van der Waals surface area contributed by atoms with E-state index in [1.165, 1.54) is 0 Å². The number of halogens is 1. The standard InChI is InChI=1S/C21H22ClN2O/c1-24(2)14-15-25-21-17(16-8-3-4-11-19(16)22)9-7-10-18(21)20-12-5-6-13-23-20/h3-9,11-13H,10,14-15H2,1-2H3. The summed E-state index contributed by atoms with van der Waals surface area (Å²) in [5.74, 6) is 0.871. The fourth-order valence-corrected chi connectivity index (χ4v) is 3.01. The molecule has 3 rings (SSSR count). The van der Waals surface area contributed by atoms with Gasteiger partial charge in [-0.25, -0.2) is 0 Å². The van der Waals surface area contributed by atoms with Crippen LogP contribution < -0.4 is 0 Å². The van der Waals surface area contributed by atoms with Gasteiger partial charge in [-0.1, -0.05) is 41.9 Å². The summed E-state index contributed by atoms with van der Waals surface area (Å²) in [4.78, 5) is 6.62. The van der Waals surface area contributed by atoms with Crippen LogP contribution in [0, 0.1) is 6.42 Å². The van der Waals surface area contributed by atoms with Crippen molar-refractivity contribution in [2.24, 2.45) is 0 Å². The predicted molar refractivity (Wildman–Crippen MR) is 104 cm³/mol. The number of likely N-dealkylation sites (N-methyl/N-ethyl adjacent to an activating group) is 1. The minimum absolute atomic E-state index is 0.612. The number of aromatic nitrogens is 1. The van der Waals surface area contributed by atoms with E-state index >= 15 is 0 Å². The molecule has 0 N–H and O–H groups in total. The number of pyridine rings is 1. The van der Waals surface area contributed by atoms with Crippen molar-refractivity contribution in [2.45, 2.75) is 6.42 Å². The molecule has 0 saturated heterocycles. The van der Waals surface area contributed by atoms with Crippen molar-refractivity contribution in [3.63, 3.8) is 0 Å². The van der Waals surface area contributed by atoms with Gasteiger partial charge in [-0.3, -0.25) is 4.98 Å². The highest BCUT2D eigenvalue weighted by Gasteiger charge is 2.22. The van der Waals surface area contributed by atoms with Gasteiger partial charge in [0, 0.05) is 34.5 Å². The van der Waals surface area contributed by atoms with Gasteiger partial charge in [0.1, 0.15) is 12.4 Å². The van der Waals surface area contributed by atoms with Gasteiger partial charge in [-0.2, -0.15) is 0 Å². The smallest absolute Gasteiger partial charge is 0.132 e. The molecule has 0 saturated carbocycles. The molecule has 1 aromatic heterocycles. The molecule has 0 amide bonds. The lowest BCUT2D eigenvalue weighted by molar-refractivity contribution is 0.196. The van der Waals surface area contributed by atoms with Crippen LogP contribution in [0.1, 0.15) is 17.7 Å². The number of benzene rings is 1. The van der Waals surface area contributed by atoms with Crippen molar-refractivity contribution < 1.29 is 4.74 Å². The van der Waals surface area contributed by atoms with E-state index in [0.717, 1.165) is 46.2 Å². The van der Waals surface area contributed by atoms with Gasteiger partial charge < -0.3 is 9.64 Å². The summed E-state index contributed by atoms with van der Waals surface area (Å²) < 4.78 is 6.23. The Morgan fingerprint density at radius 2 is 1.92 bits per heavy atom. The number of rotatable bonds is 6. The number of hydrogen-bond acceptors (Lipinski definition) is 3. The van der Waals surface area contributed by atoms with Crippen LogP contribution in [0.4, 0.5) is 0 Å². The van der Waals surface area contributed by atoms with Crippen molar-refractivity contribution in [3.05, 3.63) is 83.2 Å². The lowest BCUT2D eigenvalue weighted by Crippen LogP contribution is -2.19. The van der Waals surface area contributed by atoms with E-state index in [4.69, 9.17) is 16.3 Å². The molecule has 1 radical (unpaired) electrons. The van der Waals surface area contributed by atoms with E-state index in [0.29, 0.717) is 6.61 Å². The minimum Gasteiger partial charge on any atom is -0.491 e. The van der Waals surface area contributed by atoms with Gasteiger partial charge in [-0.15, -0.1) is 0 Å². The zero-order valence-corrected chi connectivity index (χ0v) is 15.3. The average Bonchev–Trinajstić information content (AvgIpc) is 2.63. The highest BCUT2D eigenvalue weighted by Crippen LogP contribution is 2.39. The van der Waals surface area contributed by atoms with Crippen LogP contribution in [0.15, 0.2) is 60.5 Å². The first-order valence-corrected chi connectivity index (χ1v) is 8.75. The summed E-state index contributed by atoms with van der Waals surface area (Å²) in [6, 6.07) is 13.8. The van der Waals surface area contributed by atoms with Gasteiger partial charge in [0.25, 0.3) is 0 Å². The van der Waals surface area contributed by atoms with Crippen LogP contribution in [0.3, 0.4) is 0 Å². The molecule has 4 heteroatoms. The zero-order chi connectivity index (χ0) is 17.6. The third kappa shape index (κ3) is 4.30. The van der Waals surface area contributed by atoms with Crippen LogP contribution in [0.25, 0.3) is 11.1 Å². The Morgan fingerprint density at radius 1 is 1.12 bits per heavy atom. The van der Waals surface area contributed by atoms with E-state index in [9.17, 15) is 0 Å². The van der Waals surface area contributed by atoms with Crippen LogP contribution in [0.5, 0.6) is 0 Å². The fraction of sp³-hybridized carbons (Fsp3) is 0.238. The number of hydrogen-bond donors (Lipinski definition) is 0. The molecule has 25 heavy (non-hydrogen) atoms. The first kappa shape index (κ1) is 17.7. The summed E-state index contributed by atoms with van der Waals surface area (Å²) in [6.07, 6.45) is 6.84.